The first-order valence-corrected chi connectivity index (χ1v) is 11.5. The van der Waals surface area contributed by atoms with Gasteiger partial charge in [0.05, 0.1) is 18.1 Å². The quantitative estimate of drug-likeness (QED) is 0.535. The second-order valence-corrected chi connectivity index (χ2v) is 8.71. The van der Waals surface area contributed by atoms with Crippen molar-refractivity contribution in [3.05, 3.63) is 54.3 Å². The van der Waals surface area contributed by atoms with Crippen molar-refractivity contribution < 1.29 is 27.1 Å². The number of anilines is 1. The smallest absolute Gasteiger partial charge is 0.261 e. The van der Waals surface area contributed by atoms with Crippen molar-refractivity contribution >= 4 is 21.6 Å². The lowest BCUT2D eigenvalue weighted by molar-refractivity contribution is -0.123. The summed E-state index contributed by atoms with van der Waals surface area (Å²) in [6, 6.07) is 10.7. The minimum absolute atomic E-state index is 0.0248. The molecule has 0 bridgehead atoms. The normalized spacial score (nSPS) is 14.7. The van der Waals surface area contributed by atoms with Crippen LogP contribution >= 0.6 is 0 Å². The van der Waals surface area contributed by atoms with Gasteiger partial charge in [0.2, 0.25) is 0 Å². The molecule has 1 fully saturated rings. The molecule has 168 valence electrons. The van der Waals surface area contributed by atoms with Gasteiger partial charge in [0.1, 0.15) is 11.6 Å². The summed E-state index contributed by atoms with van der Waals surface area (Å²) in [6.45, 7) is 4.66. The van der Waals surface area contributed by atoms with E-state index in [0.29, 0.717) is 12.3 Å². The van der Waals surface area contributed by atoms with Crippen LogP contribution in [0.4, 0.5) is 10.1 Å². The van der Waals surface area contributed by atoms with Gasteiger partial charge < -0.3 is 14.8 Å². The van der Waals surface area contributed by atoms with Gasteiger partial charge in [-0.25, -0.2) is 12.8 Å². The minimum atomic E-state index is -3.82. The maximum Gasteiger partial charge on any atom is 0.261 e. The molecule has 1 saturated heterocycles. The zero-order valence-electron chi connectivity index (χ0n) is 17.1. The van der Waals surface area contributed by atoms with E-state index in [1.165, 1.54) is 48.5 Å². The summed E-state index contributed by atoms with van der Waals surface area (Å²) >= 11 is 0. The van der Waals surface area contributed by atoms with Gasteiger partial charge in [-0.2, -0.15) is 0 Å². The van der Waals surface area contributed by atoms with Crippen molar-refractivity contribution in [2.24, 2.45) is 0 Å². The second kappa shape index (κ2) is 11.1. The van der Waals surface area contributed by atoms with Crippen LogP contribution in [0.15, 0.2) is 53.4 Å². The van der Waals surface area contributed by atoms with E-state index in [1.54, 1.807) is 0 Å². The molecular formula is C21H26FN3O5S. The standard InChI is InChI=1S/C21H26FN3O5S/c22-17-2-4-18(5-3-17)24-31(27,28)20-8-6-19(7-9-20)30-16-21(26)23-10-1-11-25-12-14-29-15-13-25/h2-9,24H,1,10-16H2,(H,23,26). The molecule has 0 atom stereocenters. The van der Waals surface area contributed by atoms with Crippen molar-refractivity contribution in [1.82, 2.24) is 10.2 Å². The fourth-order valence-corrected chi connectivity index (χ4v) is 4.06. The Morgan fingerprint density at radius 1 is 1.06 bits per heavy atom. The molecule has 0 aliphatic carbocycles. The van der Waals surface area contributed by atoms with Gasteiger partial charge in [0, 0.05) is 25.3 Å². The van der Waals surface area contributed by atoms with Crippen LogP contribution in [0.3, 0.4) is 0 Å². The number of nitrogens with zero attached hydrogens (tertiary/aromatic N) is 1. The van der Waals surface area contributed by atoms with E-state index in [1.807, 2.05) is 0 Å². The lowest BCUT2D eigenvalue weighted by atomic mass is 10.3. The number of hydrogen-bond acceptors (Lipinski definition) is 6. The molecule has 0 spiro atoms. The topological polar surface area (TPSA) is 97.0 Å². The maximum atomic E-state index is 13.0. The van der Waals surface area contributed by atoms with E-state index >= 15 is 0 Å². The number of amides is 1. The highest BCUT2D eigenvalue weighted by Gasteiger charge is 2.15. The van der Waals surface area contributed by atoms with Gasteiger partial charge in [-0.15, -0.1) is 0 Å². The third-order valence-corrected chi connectivity index (χ3v) is 6.07. The minimum Gasteiger partial charge on any atom is -0.484 e. The van der Waals surface area contributed by atoms with Crippen molar-refractivity contribution in [3.63, 3.8) is 0 Å². The number of nitrogens with one attached hydrogen (secondary N) is 2. The Bertz CT molecular complexity index is 946. The SMILES string of the molecule is O=C(COc1ccc(S(=O)(=O)Nc2ccc(F)cc2)cc1)NCCCN1CCOCC1. The second-order valence-electron chi connectivity index (χ2n) is 7.03. The number of hydrogen-bond donors (Lipinski definition) is 2. The lowest BCUT2D eigenvalue weighted by Gasteiger charge is -2.26. The summed E-state index contributed by atoms with van der Waals surface area (Å²) in [5.41, 5.74) is 0.256. The van der Waals surface area contributed by atoms with Crippen molar-refractivity contribution in [3.8, 4) is 5.75 Å². The van der Waals surface area contributed by atoms with Gasteiger partial charge >= 0.3 is 0 Å². The molecule has 0 aromatic heterocycles. The summed E-state index contributed by atoms with van der Waals surface area (Å²) in [5, 5.41) is 2.80. The van der Waals surface area contributed by atoms with E-state index in [2.05, 4.69) is 14.9 Å². The average molecular weight is 452 g/mol. The molecular weight excluding hydrogens is 425 g/mol. The van der Waals surface area contributed by atoms with Gasteiger partial charge in [0.15, 0.2) is 6.61 Å². The predicted molar refractivity (Wildman–Crippen MR) is 114 cm³/mol. The zero-order chi connectivity index (χ0) is 22.1. The third-order valence-electron chi connectivity index (χ3n) is 4.68. The fourth-order valence-electron chi connectivity index (χ4n) is 3.00. The molecule has 1 aliphatic rings. The Kier molecular flexibility index (Phi) is 8.21. The first-order valence-electron chi connectivity index (χ1n) is 10.0. The molecule has 0 unspecified atom stereocenters. The Hall–Kier alpha value is -2.69. The number of morpholine rings is 1. The summed E-state index contributed by atoms with van der Waals surface area (Å²) in [4.78, 5) is 14.2. The third kappa shape index (κ3) is 7.50. The van der Waals surface area contributed by atoms with Gasteiger partial charge in [0.25, 0.3) is 15.9 Å². The average Bonchev–Trinajstić information content (AvgIpc) is 2.78. The van der Waals surface area contributed by atoms with E-state index in [4.69, 9.17) is 9.47 Å². The lowest BCUT2D eigenvalue weighted by Crippen LogP contribution is -2.38. The number of carbonyl (C=O) groups excluding carboxylic acids is 1. The molecule has 2 aromatic rings. The zero-order valence-corrected chi connectivity index (χ0v) is 17.9. The molecule has 2 N–H and O–H groups in total. The van der Waals surface area contributed by atoms with Gasteiger partial charge in [-0.3, -0.25) is 14.4 Å². The molecule has 0 saturated carbocycles. The van der Waals surface area contributed by atoms with Crippen LogP contribution in [0, 0.1) is 5.82 Å². The summed E-state index contributed by atoms with van der Waals surface area (Å²) in [5.74, 6) is -0.313. The molecule has 8 nitrogen and oxygen atoms in total. The summed E-state index contributed by atoms with van der Waals surface area (Å²) < 4.78 is 50.9. The Labute approximate surface area is 181 Å². The largest absolute Gasteiger partial charge is 0.484 e. The van der Waals surface area contributed by atoms with E-state index in [-0.39, 0.29) is 23.1 Å². The molecule has 1 heterocycles. The molecule has 3 rings (SSSR count). The Morgan fingerprint density at radius 2 is 1.74 bits per heavy atom. The molecule has 1 amide bonds. The Morgan fingerprint density at radius 3 is 2.42 bits per heavy atom. The molecule has 10 heteroatoms. The highest BCUT2D eigenvalue weighted by atomic mass is 32.2. The number of rotatable bonds is 10. The van der Waals surface area contributed by atoms with Crippen LogP contribution < -0.4 is 14.8 Å². The van der Waals surface area contributed by atoms with E-state index in [0.717, 1.165) is 39.3 Å². The Balaban J connectivity index is 1.40. The maximum absolute atomic E-state index is 13.0. The van der Waals surface area contributed by atoms with Crippen LogP contribution in [0.25, 0.3) is 0 Å². The van der Waals surface area contributed by atoms with Gasteiger partial charge in [-0.05, 0) is 61.5 Å². The van der Waals surface area contributed by atoms with E-state index in [9.17, 15) is 17.6 Å². The first kappa shape index (κ1) is 23.0. The number of benzene rings is 2. The van der Waals surface area contributed by atoms with Crippen LogP contribution in [0.1, 0.15) is 6.42 Å². The van der Waals surface area contributed by atoms with Crippen LogP contribution in [0.5, 0.6) is 5.75 Å². The molecule has 1 aliphatic heterocycles. The molecule has 0 radical (unpaired) electrons. The van der Waals surface area contributed by atoms with Crippen LogP contribution in [-0.2, 0) is 19.6 Å². The number of carbonyl (C=O) groups is 1. The fraction of sp³-hybridized carbons (Fsp3) is 0.381. The highest BCUT2D eigenvalue weighted by molar-refractivity contribution is 7.92. The number of sulfonamides is 1. The van der Waals surface area contributed by atoms with Crippen LogP contribution in [-0.4, -0.2) is 65.2 Å². The monoisotopic (exact) mass is 451 g/mol. The predicted octanol–water partition coefficient (Wildman–Crippen LogP) is 1.84. The van der Waals surface area contributed by atoms with Crippen molar-refractivity contribution in [2.45, 2.75) is 11.3 Å². The molecule has 31 heavy (non-hydrogen) atoms. The number of ether oxygens (including phenoxy) is 2. The van der Waals surface area contributed by atoms with Crippen molar-refractivity contribution in [2.75, 3.05) is 50.7 Å². The first-order chi connectivity index (χ1) is 14.9. The van der Waals surface area contributed by atoms with E-state index < -0.39 is 15.8 Å². The summed E-state index contributed by atoms with van der Waals surface area (Å²) in [6.07, 6.45) is 0.847. The summed E-state index contributed by atoms with van der Waals surface area (Å²) in [7, 11) is -3.82. The highest BCUT2D eigenvalue weighted by Crippen LogP contribution is 2.19. The van der Waals surface area contributed by atoms with Crippen molar-refractivity contribution in [1.29, 1.82) is 0 Å². The number of halogens is 1. The van der Waals surface area contributed by atoms with Gasteiger partial charge in [-0.1, -0.05) is 0 Å². The molecule has 2 aromatic carbocycles. The van der Waals surface area contributed by atoms with Crippen LogP contribution in [0.2, 0.25) is 0 Å².